The first-order valence-corrected chi connectivity index (χ1v) is 7.31. The van der Waals surface area contributed by atoms with E-state index in [1.54, 1.807) is 0 Å². The van der Waals surface area contributed by atoms with Crippen molar-refractivity contribution in [2.24, 2.45) is 0 Å². The van der Waals surface area contributed by atoms with Gasteiger partial charge in [-0.3, -0.25) is 4.79 Å². The monoisotopic (exact) mass is 308 g/mol. The summed E-state index contributed by atoms with van der Waals surface area (Å²) < 4.78 is 5.73. The highest BCUT2D eigenvalue weighted by molar-refractivity contribution is 5.85. The molecule has 0 aliphatic carbocycles. The minimum Gasteiger partial charge on any atom is -0.461 e. The fourth-order valence-corrected chi connectivity index (χ4v) is 2.67. The van der Waals surface area contributed by atoms with Crippen molar-refractivity contribution in [2.45, 2.75) is 31.7 Å². The molecule has 1 fully saturated rings. The van der Waals surface area contributed by atoms with Gasteiger partial charge < -0.3 is 15.1 Å². The third-order valence-corrected chi connectivity index (χ3v) is 3.77. The van der Waals surface area contributed by atoms with E-state index in [2.05, 4.69) is 10.6 Å². The summed E-state index contributed by atoms with van der Waals surface area (Å²) >= 11 is 0. The van der Waals surface area contributed by atoms with Crippen LogP contribution in [0.3, 0.4) is 0 Å². The van der Waals surface area contributed by atoms with Crippen LogP contribution >= 0.6 is 12.4 Å². The van der Waals surface area contributed by atoms with Gasteiger partial charge in [-0.25, -0.2) is 0 Å². The van der Waals surface area contributed by atoms with Crippen molar-refractivity contribution in [2.75, 3.05) is 13.1 Å². The minimum atomic E-state index is -0.0144. The SMILES string of the molecule is Cl.O=C(NCCc1cc2ccccc2o1)C1CCCCN1. The lowest BCUT2D eigenvalue weighted by Gasteiger charge is -2.22. The van der Waals surface area contributed by atoms with Crippen molar-refractivity contribution in [3.8, 4) is 0 Å². The molecule has 0 radical (unpaired) electrons. The highest BCUT2D eigenvalue weighted by Crippen LogP contribution is 2.18. The van der Waals surface area contributed by atoms with E-state index in [9.17, 15) is 4.79 Å². The number of rotatable bonds is 4. The third kappa shape index (κ3) is 3.99. The Morgan fingerprint density at radius 2 is 2.19 bits per heavy atom. The molecule has 1 unspecified atom stereocenters. The molecule has 0 bridgehead atoms. The summed E-state index contributed by atoms with van der Waals surface area (Å²) in [5.74, 6) is 1.03. The average Bonchev–Trinajstić information content (AvgIpc) is 2.90. The van der Waals surface area contributed by atoms with Gasteiger partial charge in [0.15, 0.2) is 0 Å². The van der Waals surface area contributed by atoms with Gasteiger partial charge in [-0.05, 0) is 31.5 Å². The van der Waals surface area contributed by atoms with Crippen molar-refractivity contribution in [1.82, 2.24) is 10.6 Å². The minimum absolute atomic E-state index is 0. The summed E-state index contributed by atoms with van der Waals surface area (Å²) in [5.41, 5.74) is 0.905. The fourth-order valence-electron chi connectivity index (χ4n) is 2.67. The second-order valence-electron chi connectivity index (χ2n) is 5.29. The molecule has 2 heterocycles. The summed E-state index contributed by atoms with van der Waals surface area (Å²) in [5, 5.41) is 7.35. The zero-order valence-electron chi connectivity index (χ0n) is 11.9. The van der Waals surface area contributed by atoms with E-state index >= 15 is 0 Å². The number of carbonyl (C=O) groups is 1. The molecule has 2 N–H and O–H groups in total. The van der Waals surface area contributed by atoms with Crippen molar-refractivity contribution < 1.29 is 9.21 Å². The van der Waals surface area contributed by atoms with Gasteiger partial charge in [-0.15, -0.1) is 12.4 Å². The molecule has 0 saturated carbocycles. The van der Waals surface area contributed by atoms with Gasteiger partial charge >= 0.3 is 0 Å². The molecule has 1 amide bonds. The van der Waals surface area contributed by atoms with Gasteiger partial charge in [-0.1, -0.05) is 24.6 Å². The van der Waals surface area contributed by atoms with Crippen LogP contribution in [-0.4, -0.2) is 25.0 Å². The third-order valence-electron chi connectivity index (χ3n) is 3.77. The Morgan fingerprint density at radius 1 is 1.33 bits per heavy atom. The quantitative estimate of drug-likeness (QED) is 0.913. The lowest BCUT2D eigenvalue weighted by molar-refractivity contribution is -0.123. The molecule has 1 aromatic heterocycles. The molecule has 114 valence electrons. The fraction of sp³-hybridized carbons (Fsp3) is 0.438. The standard InChI is InChI=1S/C16H20N2O2.ClH/c19-16(14-6-3-4-9-17-14)18-10-8-13-11-12-5-1-2-7-15(12)20-13;/h1-2,5,7,11,14,17H,3-4,6,8-10H2,(H,18,19);1H. The molecular weight excluding hydrogens is 288 g/mol. The smallest absolute Gasteiger partial charge is 0.237 e. The molecule has 5 heteroatoms. The number of hydrogen-bond donors (Lipinski definition) is 2. The van der Waals surface area contributed by atoms with E-state index in [1.165, 1.54) is 6.42 Å². The van der Waals surface area contributed by atoms with Crippen LogP contribution in [0.4, 0.5) is 0 Å². The van der Waals surface area contributed by atoms with Crippen molar-refractivity contribution in [1.29, 1.82) is 0 Å². The van der Waals surface area contributed by atoms with Gasteiger partial charge in [0, 0.05) is 18.4 Å². The topological polar surface area (TPSA) is 54.3 Å². The van der Waals surface area contributed by atoms with Crippen LogP contribution in [0.15, 0.2) is 34.7 Å². The lowest BCUT2D eigenvalue weighted by Crippen LogP contribution is -2.47. The number of hydrogen-bond acceptors (Lipinski definition) is 3. The van der Waals surface area contributed by atoms with Crippen LogP contribution in [0, 0.1) is 0 Å². The van der Waals surface area contributed by atoms with E-state index in [1.807, 2.05) is 30.3 Å². The first-order chi connectivity index (χ1) is 9.83. The van der Waals surface area contributed by atoms with Crippen molar-refractivity contribution in [3.63, 3.8) is 0 Å². The summed E-state index contributed by atoms with van der Waals surface area (Å²) in [6, 6.07) is 9.99. The Labute approximate surface area is 130 Å². The second kappa shape index (κ2) is 7.48. The maximum atomic E-state index is 12.0. The maximum absolute atomic E-state index is 12.0. The van der Waals surface area contributed by atoms with Gasteiger partial charge in [-0.2, -0.15) is 0 Å². The highest BCUT2D eigenvalue weighted by Gasteiger charge is 2.19. The van der Waals surface area contributed by atoms with Crippen LogP contribution in [0.25, 0.3) is 11.0 Å². The van der Waals surface area contributed by atoms with Crippen LogP contribution in [-0.2, 0) is 11.2 Å². The number of fused-ring (bicyclic) bond motifs is 1. The largest absolute Gasteiger partial charge is 0.461 e. The van der Waals surface area contributed by atoms with E-state index in [0.717, 1.165) is 42.5 Å². The average molecular weight is 309 g/mol. The summed E-state index contributed by atoms with van der Waals surface area (Å²) in [4.78, 5) is 12.0. The van der Waals surface area contributed by atoms with Crippen LogP contribution in [0.1, 0.15) is 25.0 Å². The van der Waals surface area contributed by atoms with Gasteiger partial charge in [0.05, 0.1) is 6.04 Å². The van der Waals surface area contributed by atoms with Crippen molar-refractivity contribution in [3.05, 3.63) is 36.1 Å². The molecule has 2 aromatic rings. The Kier molecular flexibility index (Phi) is 5.65. The molecule has 1 atom stereocenters. The first kappa shape index (κ1) is 15.9. The Morgan fingerprint density at radius 3 is 2.95 bits per heavy atom. The summed E-state index contributed by atoms with van der Waals surface area (Å²) in [6.07, 6.45) is 3.97. The number of halogens is 1. The molecular formula is C16H21ClN2O2. The van der Waals surface area contributed by atoms with Gasteiger partial charge in [0.2, 0.25) is 5.91 Å². The van der Waals surface area contributed by atoms with E-state index in [-0.39, 0.29) is 24.4 Å². The van der Waals surface area contributed by atoms with Gasteiger partial charge in [0.1, 0.15) is 11.3 Å². The second-order valence-corrected chi connectivity index (χ2v) is 5.29. The first-order valence-electron chi connectivity index (χ1n) is 7.31. The van der Waals surface area contributed by atoms with Gasteiger partial charge in [0.25, 0.3) is 0 Å². The molecule has 4 nitrogen and oxygen atoms in total. The molecule has 3 rings (SSSR count). The summed E-state index contributed by atoms with van der Waals surface area (Å²) in [6.45, 7) is 1.57. The number of carbonyl (C=O) groups excluding carboxylic acids is 1. The number of amides is 1. The van der Waals surface area contributed by atoms with Crippen LogP contribution < -0.4 is 10.6 Å². The zero-order chi connectivity index (χ0) is 13.8. The summed E-state index contributed by atoms with van der Waals surface area (Å²) in [7, 11) is 0. The highest BCUT2D eigenvalue weighted by atomic mass is 35.5. The molecule has 21 heavy (non-hydrogen) atoms. The lowest BCUT2D eigenvalue weighted by atomic mass is 10.0. The van der Waals surface area contributed by atoms with Crippen molar-refractivity contribution >= 4 is 29.3 Å². The number of nitrogens with one attached hydrogen (secondary N) is 2. The van der Waals surface area contributed by atoms with Crippen LogP contribution in [0.5, 0.6) is 0 Å². The Balaban J connectivity index is 0.00000161. The molecule has 1 aromatic carbocycles. The van der Waals surface area contributed by atoms with E-state index < -0.39 is 0 Å². The predicted octanol–water partition coefficient (Wildman–Crippen LogP) is 2.66. The molecule has 1 aliphatic rings. The number of piperidine rings is 1. The predicted molar refractivity (Wildman–Crippen MR) is 85.8 cm³/mol. The maximum Gasteiger partial charge on any atom is 0.237 e. The van der Waals surface area contributed by atoms with E-state index in [4.69, 9.17) is 4.42 Å². The van der Waals surface area contributed by atoms with Crippen LogP contribution in [0.2, 0.25) is 0 Å². The number of furan rings is 1. The molecule has 0 spiro atoms. The normalized spacial score (nSPS) is 18.2. The number of benzene rings is 1. The van der Waals surface area contributed by atoms with E-state index in [0.29, 0.717) is 6.54 Å². The number of para-hydroxylation sites is 1. The Hall–Kier alpha value is -1.52. The molecule has 1 aliphatic heterocycles. The molecule has 1 saturated heterocycles. The Bertz CT molecular complexity index is 558. The zero-order valence-corrected chi connectivity index (χ0v) is 12.7.